The third-order valence-electron chi connectivity index (χ3n) is 3.20. The Morgan fingerprint density at radius 1 is 1.17 bits per heavy atom. The highest BCUT2D eigenvalue weighted by molar-refractivity contribution is 7.14. The Hall–Kier alpha value is -2.73. The van der Waals surface area contributed by atoms with Crippen molar-refractivity contribution in [3.63, 3.8) is 0 Å². The first kappa shape index (κ1) is 15.2. The Morgan fingerprint density at radius 2 is 1.96 bits per heavy atom. The highest BCUT2D eigenvalue weighted by atomic mass is 32.1. The summed E-state index contributed by atoms with van der Waals surface area (Å²) in [6, 6.07) is 13.6. The van der Waals surface area contributed by atoms with E-state index in [1.165, 1.54) is 18.3 Å². The van der Waals surface area contributed by atoms with E-state index in [1.54, 1.807) is 5.38 Å². The van der Waals surface area contributed by atoms with Crippen LogP contribution in [0.2, 0.25) is 0 Å². The van der Waals surface area contributed by atoms with Gasteiger partial charge in [0.25, 0.3) is 5.91 Å². The second kappa shape index (κ2) is 6.58. The van der Waals surface area contributed by atoms with Crippen LogP contribution < -0.4 is 10.1 Å². The third kappa shape index (κ3) is 3.73. The van der Waals surface area contributed by atoms with Crippen LogP contribution in [-0.2, 0) is 4.79 Å². The number of ether oxygens (including phenoxy) is 1. The molecule has 116 valence electrons. The number of thiazole rings is 1. The van der Waals surface area contributed by atoms with Crippen LogP contribution in [0.3, 0.4) is 0 Å². The lowest BCUT2D eigenvalue weighted by Crippen LogP contribution is -2.20. The van der Waals surface area contributed by atoms with Crippen molar-refractivity contribution in [2.24, 2.45) is 0 Å². The molecule has 0 saturated heterocycles. The Bertz CT molecular complexity index is 873. The fourth-order valence-electron chi connectivity index (χ4n) is 2.05. The van der Waals surface area contributed by atoms with Crippen LogP contribution in [0.4, 0.5) is 5.13 Å². The molecule has 0 saturated carbocycles. The van der Waals surface area contributed by atoms with Crippen molar-refractivity contribution in [2.75, 3.05) is 11.9 Å². The molecule has 3 aromatic rings. The van der Waals surface area contributed by atoms with Crippen molar-refractivity contribution in [1.82, 2.24) is 4.98 Å². The van der Waals surface area contributed by atoms with Crippen LogP contribution in [0.15, 0.2) is 47.8 Å². The van der Waals surface area contributed by atoms with Crippen LogP contribution in [0.25, 0.3) is 10.8 Å². The number of carbonyl (C=O) groups is 2. The van der Waals surface area contributed by atoms with E-state index >= 15 is 0 Å². The molecule has 1 aromatic heterocycles. The van der Waals surface area contributed by atoms with Gasteiger partial charge in [0.2, 0.25) is 0 Å². The van der Waals surface area contributed by atoms with E-state index in [0.717, 1.165) is 10.8 Å². The molecule has 23 heavy (non-hydrogen) atoms. The number of nitrogens with one attached hydrogen (secondary N) is 1. The summed E-state index contributed by atoms with van der Waals surface area (Å²) < 4.78 is 5.50. The number of carbonyl (C=O) groups excluding carboxylic acids is 2. The lowest BCUT2D eigenvalue weighted by molar-refractivity contribution is -0.118. The minimum Gasteiger partial charge on any atom is -0.484 e. The standard InChI is InChI=1S/C17H14N2O3S/c1-11(20)15-10-23-17(18-15)19-16(21)9-22-14-7-6-12-4-2-3-5-13(12)8-14/h2-8,10H,9H2,1H3,(H,18,19,21). The molecule has 0 aliphatic carbocycles. The van der Waals surface area contributed by atoms with Crippen LogP contribution in [0, 0.1) is 0 Å². The molecular weight excluding hydrogens is 312 g/mol. The molecule has 0 bridgehead atoms. The third-order valence-corrected chi connectivity index (χ3v) is 3.96. The Labute approximate surface area is 136 Å². The number of amides is 1. The minimum atomic E-state index is -0.317. The lowest BCUT2D eigenvalue weighted by Gasteiger charge is -2.07. The zero-order chi connectivity index (χ0) is 16.2. The molecular formula is C17H14N2O3S. The van der Waals surface area contributed by atoms with Gasteiger partial charge in [-0.3, -0.25) is 14.9 Å². The first-order valence-corrected chi connectivity index (χ1v) is 7.88. The smallest absolute Gasteiger partial charge is 0.264 e. The van der Waals surface area contributed by atoms with Crippen LogP contribution >= 0.6 is 11.3 Å². The zero-order valence-electron chi connectivity index (χ0n) is 12.4. The topological polar surface area (TPSA) is 68.3 Å². The molecule has 1 N–H and O–H groups in total. The number of nitrogens with zero attached hydrogens (tertiary/aromatic N) is 1. The monoisotopic (exact) mass is 326 g/mol. The summed E-state index contributed by atoms with van der Waals surface area (Å²) in [4.78, 5) is 27.1. The summed E-state index contributed by atoms with van der Waals surface area (Å²) >= 11 is 1.21. The second-order valence-corrected chi connectivity index (χ2v) is 5.80. The van der Waals surface area contributed by atoms with Crippen molar-refractivity contribution in [3.05, 3.63) is 53.5 Å². The largest absolute Gasteiger partial charge is 0.484 e. The Kier molecular flexibility index (Phi) is 4.34. The fourth-order valence-corrected chi connectivity index (χ4v) is 2.82. The number of ketones is 1. The molecule has 0 unspecified atom stereocenters. The quantitative estimate of drug-likeness (QED) is 0.729. The molecule has 0 fully saturated rings. The van der Waals surface area contributed by atoms with Crippen LogP contribution in [0.5, 0.6) is 5.75 Å². The molecule has 0 atom stereocenters. The van der Waals surface area contributed by atoms with Crippen molar-refractivity contribution in [3.8, 4) is 5.75 Å². The van der Waals surface area contributed by atoms with E-state index in [1.807, 2.05) is 42.5 Å². The first-order chi connectivity index (χ1) is 11.1. The average molecular weight is 326 g/mol. The SMILES string of the molecule is CC(=O)c1csc(NC(=O)COc2ccc3ccccc3c2)n1. The van der Waals surface area contributed by atoms with Gasteiger partial charge >= 0.3 is 0 Å². The van der Waals surface area contributed by atoms with E-state index < -0.39 is 0 Å². The molecule has 1 amide bonds. The van der Waals surface area contributed by atoms with Gasteiger partial charge in [0, 0.05) is 12.3 Å². The van der Waals surface area contributed by atoms with Gasteiger partial charge in [-0.25, -0.2) is 4.98 Å². The predicted molar refractivity (Wildman–Crippen MR) is 90.2 cm³/mol. The van der Waals surface area contributed by atoms with Crippen molar-refractivity contribution in [2.45, 2.75) is 6.92 Å². The van der Waals surface area contributed by atoms with E-state index in [-0.39, 0.29) is 18.3 Å². The van der Waals surface area contributed by atoms with Gasteiger partial charge in [-0.05, 0) is 22.9 Å². The highest BCUT2D eigenvalue weighted by Gasteiger charge is 2.09. The number of anilines is 1. The summed E-state index contributed by atoms with van der Waals surface area (Å²) in [5.41, 5.74) is 0.348. The number of Topliss-reactive ketones (excluding diaryl/α,β-unsaturated/α-hetero) is 1. The van der Waals surface area contributed by atoms with Gasteiger partial charge in [0.05, 0.1) is 0 Å². The van der Waals surface area contributed by atoms with E-state index in [2.05, 4.69) is 10.3 Å². The van der Waals surface area contributed by atoms with Gasteiger partial charge in [0.15, 0.2) is 17.5 Å². The summed E-state index contributed by atoms with van der Waals surface area (Å²) in [6.45, 7) is 1.32. The maximum atomic E-state index is 11.9. The Balaban J connectivity index is 1.60. The van der Waals surface area contributed by atoms with Gasteiger partial charge in [-0.2, -0.15) is 0 Å². The molecule has 0 spiro atoms. The number of hydrogen-bond acceptors (Lipinski definition) is 5. The number of benzene rings is 2. The highest BCUT2D eigenvalue weighted by Crippen LogP contribution is 2.20. The molecule has 3 rings (SSSR count). The number of rotatable bonds is 5. The number of hydrogen-bond donors (Lipinski definition) is 1. The molecule has 1 heterocycles. The second-order valence-electron chi connectivity index (χ2n) is 4.94. The van der Waals surface area contributed by atoms with E-state index in [4.69, 9.17) is 4.74 Å². The number of aromatic nitrogens is 1. The molecule has 6 heteroatoms. The average Bonchev–Trinajstić information content (AvgIpc) is 3.01. The summed E-state index contributed by atoms with van der Waals surface area (Å²) in [6.07, 6.45) is 0. The summed E-state index contributed by atoms with van der Waals surface area (Å²) in [7, 11) is 0. The molecule has 2 aromatic carbocycles. The molecule has 0 aliphatic rings. The van der Waals surface area contributed by atoms with Crippen molar-refractivity contribution >= 4 is 38.9 Å². The van der Waals surface area contributed by atoms with Crippen molar-refractivity contribution in [1.29, 1.82) is 0 Å². The normalized spacial score (nSPS) is 10.5. The molecule has 5 nitrogen and oxygen atoms in total. The van der Waals surface area contributed by atoms with Crippen LogP contribution in [0.1, 0.15) is 17.4 Å². The fraction of sp³-hybridized carbons (Fsp3) is 0.118. The molecule has 0 aliphatic heterocycles. The van der Waals surface area contributed by atoms with Crippen LogP contribution in [-0.4, -0.2) is 23.3 Å². The lowest BCUT2D eigenvalue weighted by atomic mass is 10.1. The minimum absolute atomic E-state index is 0.118. The van der Waals surface area contributed by atoms with Gasteiger partial charge in [-0.1, -0.05) is 30.3 Å². The van der Waals surface area contributed by atoms with E-state index in [9.17, 15) is 9.59 Å². The first-order valence-electron chi connectivity index (χ1n) is 7.00. The maximum absolute atomic E-state index is 11.9. The molecule has 0 radical (unpaired) electrons. The Morgan fingerprint density at radius 3 is 2.70 bits per heavy atom. The zero-order valence-corrected chi connectivity index (χ0v) is 13.2. The summed E-state index contributed by atoms with van der Waals surface area (Å²) in [5, 5.41) is 6.79. The number of fused-ring (bicyclic) bond motifs is 1. The summed E-state index contributed by atoms with van der Waals surface area (Å²) in [5.74, 6) is 0.180. The van der Waals surface area contributed by atoms with Crippen molar-refractivity contribution < 1.29 is 14.3 Å². The predicted octanol–water partition coefficient (Wildman–Crippen LogP) is 3.52. The maximum Gasteiger partial charge on any atom is 0.264 e. The van der Waals surface area contributed by atoms with Gasteiger partial charge in [-0.15, -0.1) is 11.3 Å². The van der Waals surface area contributed by atoms with E-state index in [0.29, 0.717) is 16.6 Å². The van der Waals surface area contributed by atoms with Gasteiger partial charge in [0.1, 0.15) is 11.4 Å². The van der Waals surface area contributed by atoms with Gasteiger partial charge < -0.3 is 4.74 Å².